The van der Waals surface area contributed by atoms with Gasteiger partial charge in [0.15, 0.2) is 0 Å². The normalized spacial score (nSPS) is 14.2. The molecule has 2 unspecified atom stereocenters. The van der Waals surface area contributed by atoms with Crippen molar-refractivity contribution in [3.05, 3.63) is 132 Å². The molecule has 4 aromatic rings. The Morgan fingerprint density at radius 2 is 1.18 bits per heavy atom. The molecule has 1 heterocycles. The third-order valence-corrected chi connectivity index (χ3v) is 11.9. The number of rotatable bonds is 17. The van der Waals surface area contributed by atoms with E-state index in [0.29, 0.717) is 23.5 Å². The molecule has 2 atom stereocenters. The fourth-order valence-corrected chi connectivity index (χ4v) is 8.68. The van der Waals surface area contributed by atoms with Crippen LogP contribution in [0.4, 0.5) is 0 Å². The highest BCUT2D eigenvalue weighted by molar-refractivity contribution is 7.86. The van der Waals surface area contributed by atoms with E-state index < -0.39 is 45.3 Å². The lowest BCUT2D eigenvalue weighted by molar-refractivity contribution is -0.149. The molecule has 1 saturated heterocycles. The minimum absolute atomic E-state index is 0. The molecule has 1 aliphatic carbocycles. The molecule has 18 heteroatoms. The van der Waals surface area contributed by atoms with Crippen molar-refractivity contribution in [1.82, 2.24) is 21.2 Å². The van der Waals surface area contributed by atoms with Crippen molar-refractivity contribution in [2.24, 2.45) is 0 Å². The highest BCUT2D eigenvalue weighted by Crippen LogP contribution is 2.56. The predicted molar refractivity (Wildman–Crippen MR) is 290 cm³/mol. The Hall–Kier alpha value is -4.71. The molecule has 1 fully saturated rings. The van der Waals surface area contributed by atoms with E-state index in [1.54, 1.807) is 20.8 Å². The first-order valence-electron chi connectivity index (χ1n) is 23.3. The number of carbonyl (C=O) groups excluding carboxylic acids is 3. The van der Waals surface area contributed by atoms with Crippen molar-refractivity contribution in [2.45, 2.75) is 110 Å². The summed E-state index contributed by atoms with van der Waals surface area (Å²) in [4.78, 5) is 38.8. The quantitative estimate of drug-likeness (QED) is 0.0199. The number of halogens is 3. The van der Waals surface area contributed by atoms with Gasteiger partial charge in [0.2, 0.25) is 5.91 Å². The Morgan fingerprint density at radius 3 is 1.49 bits per heavy atom. The van der Waals surface area contributed by atoms with Gasteiger partial charge in [0.25, 0.3) is 10.1 Å². The van der Waals surface area contributed by atoms with E-state index in [2.05, 4.69) is 119 Å². The van der Waals surface area contributed by atoms with Crippen LogP contribution < -0.4 is 25.8 Å². The minimum atomic E-state index is -3.28. The minimum Gasteiger partial charge on any atom is -0.490 e. The van der Waals surface area contributed by atoms with Crippen molar-refractivity contribution in [3.8, 4) is 22.6 Å². The van der Waals surface area contributed by atoms with E-state index in [0.717, 1.165) is 17.4 Å². The average molecular weight is 1080 g/mol. The van der Waals surface area contributed by atoms with E-state index in [1.807, 2.05) is 52.0 Å². The van der Waals surface area contributed by atoms with Crippen molar-refractivity contribution in [1.29, 1.82) is 0 Å². The molecular weight excluding hydrogens is 1000 g/mol. The molecule has 0 spiro atoms. The van der Waals surface area contributed by atoms with E-state index in [4.69, 9.17) is 53.9 Å². The van der Waals surface area contributed by atoms with Crippen LogP contribution in [-0.2, 0) is 43.6 Å². The van der Waals surface area contributed by atoms with Gasteiger partial charge in [-0.1, -0.05) is 86.3 Å². The first kappa shape index (κ1) is 63.4. The maximum Gasteiger partial charge on any atom is 0.321 e. The van der Waals surface area contributed by atoms with Gasteiger partial charge >= 0.3 is 11.9 Å². The summed E-state index contributed by atoms with van der Waals surface area (Å²) in [5.41, 5.74) is 5.87. The first-order chi connectivity index (χ1) is 33.2. The van der Waals surface area contributed by atoms with Crippen molar-refractivity contribution in [2.75, 3.05) is 50.9 Å². The molecule has 14 nitrogen and oxygen atoms in total. The van der Waals surface area contributed by atoms with Gasteiger partial charge in [-0.2, -0.15) is 8.42 Å². The third-order valence-electron chi connectivity index (χ3n) is 10.4. The molecule has 5 N–H and O–H groups in total. The fraction of sp³-hybridized carbons (Fsp3) is 0.463. The van der Waals surface area contributed by atoms with Gasteiger partial charge in [0, 0.05) is 24.2 Å². The van der Waals surface area contributed by atoms with Crippen LogP contribution in [0.15, 0.2) is 110 Å². The highest BCUT2D eigenvalue weighted by atomic mass is 35.5. The van der Waals surface area contributed by atoms with Gasteiger partial charge in [0.05, 0.1) is 23.2 Å². The molecule has 4 aromatic carbocycles. The topological polar surface area (TPSA) is 194 Å². The Balaban J connectivity index is 0.000000556. The van der Waals surface area contributed by atoms with Crippen molar-refractivity contribution in [3.63, 3.8) is 0 Å². The molecule has 1 amide bonds. The lowest BCUT2D eigenvalue weighted by Gasteiger charge is -2.34. The Kier molecular flexibility index (Phi) is 25.2. The number of fused-ring (bicyclic) bond motifs is 3. The van der Waals surface area contributed by atoms with Crippen LogP contribution in [0.25, 0.3) is 11.1 Å². The first-order valence-corrected chi connectivity index (χ1v) is 26.6. The molecule has 398 valence electrons. The van der Waals surface area contributed by atoms with Crippen LogP contribution in [0.5, 0.6) is 11.5 Å². The van der Waals surface area contributed by atoms with Gasteiger partial charge < -0.3 is 30.4 Å². The molecule has 0 bridgehead atoms. The third kappa shape index (κ3) is 20.7. The summed E-state index contributed by atoms with van der Waals surface area (Å²) in [7, 11) is -3.28. The summed E-state index contributed by atoms with van der Waals surface area (Å²) in [6.07, 6.45) is 1.90. The molecule has 72 heavy (non-hydrogen) atoms. The zero-order valence-corrected chi connectivity index (χ0v) is 46.7. The van der Waals surface area contributed by atoms with Crippen LogP contribution in [0.2, 0.25) is 0 Å². The molecule has 1 aliphatic heterocycles. The van der Waals surface area contributed by atoms with Crippen LogP contribution in [0.1, 0.15) is 97.9 Å². The summed E-state index contributed by atoms with van der Waals surface area (Å²) >= 11 is 17.0. The highest BCUT2D eigenvalue weighted by Gasteiger charge is 2.46. The molecule has 0 aromatic heterocycles. The Labute approximate surface area is 443 Å². The number of amides is 1. The zero-order chi connectivity index (χ0) is 53.2. The van der Waals surface area contributed by atoms with Gasteiger partial charge in [-0.3, -0.25) is 23.5 Å². The average Bonchev–Trinajstić information content (AvgIpc) is 4.13. The van der Waals surface area contributed by atoms with E-state index in [9.17, 15) is 22.8 Å². The molecule has 0 radical (unpaired) electrons. The van der Waals surface area contributed by atoms with Crippen molar-refractivity contribution >= 4 is 62.9 Å². The molecular formula is C54H75Cl3N4O10S. The van der Waals surface area contributed by atoms with E-state index in [-0.39, 0.29) is 49.1 Å². The lowest BCUT2D eigenvalue weighted by Crippen LogP contribution is -2.39. The maximum atomic E-state index is 11.9. The van der Waals surface area contributed by atoms with Gasteiger partial charge in [-0.05, 0) is 144 Å². The van der Waals surface area contributed by atoms with Gasteiger partial charge in [0.1, 0.15) is 49.3 Å². The van der Waals surface area contributed by atoms with Crippen LogP contribution in [0.3, 0.4) is 0 Å². The zero-order valence-electron chi connectivity index (χ0n) is 43.6. The Morgan fingerprint density at radius 1 is 0.736 bits per heavy atom. The number of ether oxygens (including phenoxy) is 4. The number of alkyl halides is 2. The lowest BCUT2D eigenvalue weighted by atomic mass is 9.68. The smallest absolute Gasteiger partial charge is 0.321 e. The predicted octanol–water partition coefficient (Wildman–Crippen LogP) is 10.4. The van der Waals surface area contributed by atoms with Crippen LogP contribution in [0, 0.1) is 0 Å². The fourth-order valence-electron chi connectivity index (χ4n) is 7.44. The summed E-state index contributed by atoms with van der Waals surface area (Å²) in [6.45, 7) is 25.7. The van der Waals surface area contributed by atoms with E-state index >= 15 is 0 Å². The van der Waals surface area contributed by atoms with Crippen LogP contribution >= 0.6 is 35.0 Å². The maximum absolute atomic E-state index is 11.9. The largest absolute Gasteiger partial charge is 0.490 e. The second-order valence-corrected chi connectivity index (χ2v) is 22.2. The number of carbonyl (C=O) groups is 3. The number of hydrogen-bond donors (Lipinski definition) is 3. The number of nitrogens with zero attached hydrogens (tertiary/aromatic N) is 1. The summed E-state index contributed by atoms with van der Waals surface area (Å²) in [6, 6.07) is 32.9. The summed E-state index contributed by atoms with van der Waals surface area (Å²) in [5, 5.41) is 2.71. The van der Waals surface area contributed by atoms with Crippen LogP contribution in [-0.4, -0.2) is 111 Å². The number of benzene rings is 4. The molecule has 0 saturated carbocycles. The summed E-state index contributed by atoms with van der Waals surface area (Å²) < 4.78 is 48.1. The number of hydrogen-bond acceptors (Lipinski definition) is 13. The second-order valence-electron chi connectivity index (χ2n) is 19.7. The monoisotopic (exact) mass is 1080 g/mol. The second kappa shape index (κ2) is 28.7. The Bertz CT molecular complexity index is 2410. The van der Waals surface area contributed by atoms with Crippen molar-refractivity contribution < 1.29 is 45.9 Å². The molecule has 2 aliphatic rings. The standard InChI is InChI=1S/C36H34Cl3NO6.C7H13NO.C6H13N.C5H12O3S.H3N/c1-2-26(45-35(42)21-40-39)22-43-27-15-11-24(12-16-27)36(32-9-5-3-7-30(32)31-8-4-6-10-33(31)36)25-13-17-28(18-14-25)44-23-29(19-37)46-34(41)20-38;1-5-6(9)8-7(2,3)4;1-6(2,3)7-4-5-7;1-5(2,3)8-9(4,6)7;/h3-18,26,29,40H,2,19-23H2,1H3;5H,1H2,2-4H3,(H,8,9);4-5H2,1-3H3;1-4H3;1H3. The number of esters is 2. The summed E-state index contributed by atoms with van der Waals surface area (Å²) in [5.74, 6) is 0.0166. The van der Waals surface area contributed by atoms with E-state index in [1.165, 1.54) is 41.4 Å². The SMILES string of the molecule is C=CC(=O)NC(C)(C)C.CC(C)(C)N1CC1.CC(C)(C)OS(C)(=O)=O.CCC(COc1ccc(C2(c3ccc(OCC(CCl)OC(=O)CCl)cc3)c3ccccc3-c3ccccc32)cc1)OC(=O)CNCl.N. The van der Waals surface area contributed by atoms with Gasteiger partial charge in [-0.25, -0.2) is 4.84 Å². The molecule has 6 rings (SSSR count). The van der Waals surface area contributed by atoms with Gasteiger partial charge in [-0.15, -0.1) is 23.2 Å². The number of nitrogens with one attached hydrogen (secondary N) is 2.